The molecule has 0 aromatic rings. The summed E-state index contributed by atoms with van der Waals surface area (Å²) in [5.41, 5.74) is 0. The van der Waals surface area contributed by atoms with Crippen LogP contribution >= 0.6 is 22.9 Å². The first kappa shape index (κ1) is 10.2. The van der Waals surface area contributed by atoms with Gasteiger partial charge in [0.15, 0.2) is 0 Å². The topological polar surface area (TPSA) is 6.48 Å². The van der Waals surface area contributed by atoms with Crippen molar-refractivity contribution >= 4 is 22.9 Å². The van der Waals surface area contributed by atoms with Crippen molar-refractivity contribution in [3.8, 4) is 0 Å². The molecule has 76 valence electrons. The van der Waals surface area contributed by atoms with Crippen molar-refractivity contribution in [1.29, 1.82) is 0 Å². The third-order valence-electron chi connectivity index (χ3n) is 3.52. The Kier molecular flexibility index (Phi) is 3.15. The van der Waals surface area contributed by atoms with Crippen LogP contribution in [0.4, 0.5) is 0 Å². The van der Waals surface area contributed by atoms with E-state index in [2.05, 4.69) is 44.7 Å². The lowest BCUT2D eigenvalue weighted by atomic mass is 9.88. The molecule has 0 bridgehead atoms. The van der Waals surface area contributed by atoms with E-state index in [9.17, 15) is 0 Å². The monoisotopic (exact) mass is 294 g/mol. The molecule has 3 heteroatoms. The highest BCUT2D eigenvalue weighted by molar-refractivity contribution is 14.1. The molecule has 0 saturated carbocycles. The molecule has 2 aliphatic rings. The molecule has 2 heterocycles. The maximum atomic E-state index is 2.64. The first-order valence-electron chi connectivity index (χ1n) is 5.31. The third kappa shape index (κ3) is 2.18. The summed E-state index contributed by atoms with van der Waals surface area (Å²) in [5.74, 6) is 1.94. The van der Waals surface area contributed by atoms with E-state index in [1.165, 1.54) is 32.6 Å². The Labute approximate surface area is 95.2 Å². The Bertz CT molecular complexity index is 184. The van der Waals surface area contributed by atoms with Crippen LogP contribution in [0, 0.1) is 11.8 Å². The quantitative estimate of drug-likeness (QED) is 0.539. The Hall–Kier alpha value is 0.650. The minimum atomic E-state index is 0.740. The molecule has 0 amide bonds. The van der Waals surface area contributed by atoms with Crippen molar-refractivity contribution < 1.29 is 0 Å². The molecule has 0 aliphatic carbocycles. The van der Waals surface area contributed by atoms with Crippen LogP contribution in [0.25, 0.3) is 0 Å². The highest BCUT2D eigenvalue weighted by Gasteiger charge is 2.36. The molecule has 2 saturated heterocycles. The van der Waals surface area contributed by atoms with Crippen molar-refractivity contribution in [2.75, 3.05) is 26.2 Å². The molecule has 0 aromatic carbocycles. The van der Waals surface area contributed by atoms with Crippen molar-refractivity contribution in [2.45, 2.75) is 26.3 Å². The number of fused-ring (bicyclic) bond motifs is 1. The fraction of sp³-hybridized carbons (Fsp3) is 1.00. The summed E-state index contributed by atoms with van der Waals surface area (Å²) in [7, 11) is 0. The number of likely N-dealkylation sites (tertiary alicyclic amines) is 1. The maximum Gasteiger partial charge on any atom is 0.0201 e. The van der Waals surface area contributed by atoms with Gasteiger partial charge < -0.3 is 4.90 Å². The molecule has 2 rings (SSSR count). The minimum Gasteiger partial charge on any atom is -0.301 e. The normalized spacial score (nSPS) is 36.9. The second-order valence-electron chi connectivity index (χ2n) is 4.73. The van der Waals surface area contributed by atoms with Crippen LogP contribution in [0.5, 0.6) is 0 Å². The van der Waals surface area contributed by atoms with Crippen LogP contribution in [0.3, 0.4) is 0 Å². The standard InChI is InChI=1S/C10H19IN2/c1-8(2)12-4-3-9-6-13(11)7-10(9)5-12/h8-10H,3-7H2,1-2H3. The Balaban J connectivity index is 1.93. The molecule has 2 unspecified atom stereocenters. The molecular formula is C10H19IN2. The summed E-state index contributed by atoms with van der Waals surface area (Å²) < 4.78 is 2.47. The van der Waals surface area contributed by atoms with E-state index in [1.807, 2.05) is 0 Å². The van der Waals surface area contributed by atoms with E-state index in [-0.39, 0.29) is 0 Å². The van der Waals surface area contributed by atoms with Crippen LogP contribution in [-0.2, 0) is 0 Å². The lowest BCUT2D eigenvalue weighted by Gasteiger charge is -2.36. The van der Waals surface area contributed by atoms with E-state index in [1.54, 1.807) is 0 Å². The van der Waals surface area contributed by atoms with E-state index in [0.717, 1.165) is 17.9 Å². The van der Waals surface area contributed by atoms with Gasteiger partial charge >= 0.3 is 0 Å². The molecular weight excluding hydrogens is 275 g/mol. The number of hydrogen-bond acceptors (Lipinski definition) is 2. The zero-order chi connectivity index (χ0) is 9.42. The smallest absolute Gasteiger partial charge is 0.0201 e. The highest BCUT2D eigenvalue weighted by Crippen LogP contribution is 2.33. The van der Waals surface area contributed by atoms with Gasteiger partial charge in [0.05, 0.1) is 0 Å². The Morgan fingerprint density at radius 3 is 2.54 bits per heavy atom. The number of hydrogen-bond donors (Lipinski definition) is 0. The van der Waals surface area contributed by atoms with Gasteiger partial charge in [0.25, 0.3) is 0 Å². The fourth-order valence-corrected chi connectivity index (χ4v) is 3.62. The van der Waals surface area contributed by atoms with Crippen LogP contribution in [-0.4, -0.2) is 40.2 Å². The number of nitrogens with zero attached hydrogens (tertiary/aromatic N) is 2. The Morgan fingerprint density at radius 1 is 1.15 bits per heavy atom. The summed E-state index contributed by atoms with van der Waals surface area (Å²) in [4.78, 5) is 2.64. The number of rotatable bonds is 1. The highest BCUT2D eigenvalue weighted by atomic mass is 127. The Morgan fingerprint density at radius 2 is 1.85 bits per heavy atom. The van der Waals surface area contributed by atoms with Crippen molar-refractivity contribution in [2.24, 2.45) is 11.8 Å². The molecule has 0 spiro atoms. The van der Waals surface area contributed by atoms with Gasteiger partial charge in [0.1, 0.15) is 0 Å². The van der Waals surface area contributed by atoms with Gasteiger partial charge in [-0.2, -0.15) is 0 Å². The molecule has 0 radical (unpaired) electrons. The number of halogens is 1. The minimum absolute atomic E-state index is 0.740. The van der Waals surface area contributed by atoms with Gasteiger partial charge in [-0.3, -0.25) is 0 Å². The van der Waals surface area contributed by atoms with Crippen molar-refractivity contribution in [3.05, 3.63) is 0 Å². The second kappa shape index (κ2) is 4.03. The summed E-state index contributed by atoms with van der Waals surface area (Å²) in [6.45, 7) is 9.94. The predicted octanol–water partition coefficient (Wildman–Crippen LogP) is 2.00. The molecule has 13 heavy (non-hydrogen) atoms. The lowest BCUT2D eigenvalue weighted by molar-refractivity contribution is 0.118. The van der Waals surface area contributed by atoms with E-state index in [0.29, 0.717) is 0 Å². The molecule has 2 aliphatic heterocycles. The van der Waals surface area contributed by atoms with Gasteiger partial charge in [-0.1, -0.05) is 0 Å². The molecule has 2 fully saturated rings. The molecule has 0 aromatic heterocycles. The average molecular weight is 294 g/mol. The largest absolute Gasteiger partial charge is 0.301 e. The summed E-state index contributed by atoms with van der Waals surface area (Å²) in [5, 5.41) is 0. The van der Waals surface area contributed by atoms with Crippen LogP contribution in [0.2, 0.25) is 0 Å². The third-order valence-corrected chi connectivity index (χ3v) is 4.31. The van der Waals surface area contributed by atoms with E-state index in [4.69, 9.17) is 0 Å². The van der Waals surface area contributed by atoms with Crippen molar-refractivity contribution in [1.82, 2.24) is 8.01 Å². The first-order valence-corrected chi connectivity index (χ1v) is 6.28. The lowest BCUT2D eigenvalue weighted by Crippen LogP contribution is -2.43. The molecule has 2 atom stereocenters. The summed E-state index contributed by atoms with van der Waals surface area (Å²) in [6.07, 6.45) is 1.42. The van der Waals surface area contributed by atoms with Gasteiger partial charge in [-0.25, -0.2) is 3.11 Å². The first-order chi connectivity index (χ1) is 6.16. The van der Waals surface area contributed by atoms with Gasteiger partial charge in [0, 0.05) is 48.5 Å². The van der Waals surface area contributed by atoms with Crippen molar-refractivity contribution in [3.63, 3.8) is 0 Å². The number of piperidine rings is 1. The average Bonchev–Trinajstić information content (AvgIpc) is 2.42. The van der Waals surface area contributed by atoms with Gasteiger partial charge in [-0.15, -0.1) is 0 Å². The maximum absolute atomic E-state index is 2.64. The predicted molar refractivity (Wildman–Crippen MR) is 63.9 cm³/mol. The molecule has 0 N–H and O–H groups in total. The SMILES string of the molecule is CC(C)N1CCC2CN(I)CC2C1. The second-order valence-corrected chi connectivity index (χ2v) is 6.09. The van der Waals surface area contributed by atoms with Gasteiger partial charge in [-0.05, 0) is 38.6 Å². The zero-order valence-electron chi connectivity index (χ0n) is 8.54. The molecule has 2 nitrogen and oxygen atoms in total. The summed E-state index contributed by atoms with van der Waals surface area (Å²) in [6, 6.07) is 0.740. The van der Waals surface area contributed by atoms with Crippen LogP contribution in [0.15, 0.2) is 0 Å². The van der Waals surface area contributed by atoms with E-state index >= 15 is 0 Å². The van der Waals surface area contributed by atoms with E-state index < -0.39 is 0 Å². The van der Waals surface area contributed by atoms with Gasteiger partial charge in [0.2, 0.25) is 0 Å². The van der Waals surface area contributed by atoms with Crippen LogP contribution < -0.4 is 0 Å². The summed E-state index contributed by atoms with van der Waals surface area (Å²) >= 11 is 2.48. The fourth-order valence-electron chi connectivity index (χ4n) is 2.61. The van der Waals surface area contributed by atoms with Crippen LogP contribution in [0.1, 0.15) is 20.3 Å². The zero-order valence-corrected chi connectivity index (χ0v) is 10.7.